The quantitative estimate of drug-likeness (QED) is 0.123. The average molecular weight is 574 g/mol. The number of amides is 2. The Morgan fingerprint density at radius 1 is 0.825 bits per heavy atom. The maximum atomic E-state index is 13.1. The van der Waals surface area contributed by atoms with E-state index in [1.807, 2.05) is 0 Å². The molecule has 1 atom stereocenters. The lowest BCUT2D eigenvalue weighted by atomic mass is 9.95. The molecule has 40 heavy (non-hydrogen) atoms. The summed E-state index contributed by atoms with van der Waals surface area (Å²) in [6.45, 7) is 12.4. The van der Waals surface area contributed by atoms with Gasteiger partial charge in [0.1, 0.15) is 6.04 Å². The predicted molar refractivity (Wildman–Crippen MR) is 174 cm³/mol. The Labute approximate surface area is 250 Å². The number of nitrogens with zero attached hydrogens (tertiary/aromatic N) is 1. The summed E-state index contributed by atoms with van der Waals surface area (Å²) in [6.07, 6.45) is 23.4. The van der Waals surface area contributed by atoms with E-state index in [4.69, 9.17) is 0 Å². The minimum atomic E-state index is -0.455. The van der Waals surface area contributed by atoms with Crippen molar-refractivity contribution < 1.29 is 9.59 Å². The summed E-state index contributed by atoms with van der Waals surface area (Å²) in [5.41, 5.74) is 4.25. The zero-order chi connectivity index (χ0) is 29.0. The number of carbonyl (C=O) groups is 2. The van der Waals surface area contributed by atoms with E-state index < -0.39 is 6.04 Å². The summed E-state index contributed by atoms with van der Waals surface area (Å²) in [6, 6.07) is -0.193. The molecule has 1 heterocycles. The van der Waals surface area contributed by atoms with Crippen molar-refractivity contribution in [2.45, 2.75) is 136 Å². The fraction of sp³-hybridized carbons (Fsp3) is 0.765. The van der Waals surface area contributed by atoms with E-state index in [0.717, 1.165) is 70.1 Å². The van der Waals surface area contributed by atoms with Crippen molar-refractivity contribution in [2.75, 3.05) is 31.1 Å². The highest BCUT2D eigenvalue weighted by molar-refractivity contribution is 7.99. The van der Waals surface area contributed by atoms with Crippen molar-refractivity contribution in [3.8, 4) is 0 Å². The number of allylic oxidation sites excluding steroid dienone is 5. The standard InChI is InChI=1S/C34H59N3O2S/c1-28(2)15-13-16-29(3)17-14-18-30(4)22-26-40-27-32(34(39)35-31-19-7-5-8-20-31)36-33(38)21-9-6-10-23-37-24-11-12-25-37/h15,17,22,31-32H,5-14,16,18-21,23-27H2,1-4H3,(H,35,39)(H,36,38)/b29-17+,30-22+/t32-/m0/s1. The molecule has 2 N–H and O–H groups in total. The Balaban J connectivity index is 1.73. The van der Waals surface area contributed by atoms with Crippen LogP contribution in [0.15, 0.2) is 34.9 Å². The minimum absolute atomic E-state index is 0.00351. The van der Waals surface area contributed by atoms with E-state index >= 15 is 0 Å². The summed E-state index contributed by atoms with van der Waals surface area (Å²) >= 11 is 1.74. The van der Waals surface area contributed by atoms with Gasteiger partial charge in [0.15, 0.2) is 0 Å². The molecule has 2 rings (SSSR count). The maximum Gasteiger partial charge on any atom is 0.243 e. The number of unbranched alkanes of at least 4 members (excludes halogenated alkanes) is 2. The van der Waals surface area contributed by atoms with Gasteiger partial charge in [0.05, 0.1) is 0 Å². The van der Waals surface area contributed by atoms with Crippen molar-refractivity contribution >= 4 is 23.6 Å². The Hall–Kier alpha value is -1.53. The highest BCUT2D eigenvalue weighted by Crippen LogP contribution is 2.18. The SMILES string of the molecule is CC(C)=CCC/C(C)=C/CC/C(C)=C/CSC[C@H](NC(=O)CCCCCN1CCCC1)C(=O)NC1CCCCC1. The van der Waals surface area contributed by atoms with Gasteiger partial charge in [0, 0.05) is 24.0 Å². The molecule has 2 aliphatic rings. The normalized spacial score (nSPS) is 18.0. The van der Waals surface area contributed by atoms with Crippen LogP contribution in [0.2, 0.25) is 0 Å². The first-order chi connectivity index (χ1) is 19.3. The molecule has 1 aliphatic carbocycles. The van der Waals surface area contributed by atoms with Crippen LogP contribution in [0.1, 0.15) is 124 Å². The molecule has 0 aromatic heterocycles. The van der Waals surface area contributed by atoms with Crippen LogP contribution in [0.5, 0.6) is 0 Å². The Bertz CT molecular complexity index is 819. The summed E-state index contributed by atoms with van der Waals surface area (Å²) < 4.78 is 0. The van der Waals surface area contributed by atoms with Crippen LogP contribution in [0.25, 0.3) is 0 Å². The number of hydrogen-bond donors (Lipinski definition) is 2. The third kappa shape index (κ3) is 16.7. The summed E-state index contributed by atoms with van der Waals surface area (Å²) in [4.78, 5) is 28.4. The van der Waals surface area contributed by atoms with Crippen LogP contribution >= 0.6 is 11.8 Å². The Morgan fingerprint density at radius 3 is 2.20 bits per heavy atom. The molecule has 0 unspecified atom stereocenters. The first kappa shape index (κ1) is 34.7. The molecule has 2 amide bonds. The summed E-state index contributed by atoms with van der Waals surface area (Å²) in [5, 5.41) is 6.32. The van der Waals surface area contributed by atoms with Crippen LogP contribution < -0.4 is 10.6 Å². The Kier molecular flexibility index (Phi) is 18.4. The van der Waals surface area contributed by atoms with Gasteiger partial charge in [-0.05, 0) is 112 Å². The second-order valence-electron chi connectivity index (χ2n) is 12.3. The molecule has 2 fully saturated rings. The first-order valence-corrected chi connectivity index (χ1v) is 17.3. The molecule has 0 bridgehead atoms. The number of rotatable bonds is 19. The van der Waals surface area contributed by atoms with Gasteiger partial charge in [0.2, 0.25) is 11.8 Å². The molecule has 0 spiro atoms. The van der Waals surface area contributed by atoms with Gasteiger partial charge in [-0.1, -0.05) is 60.6 Å². The van der Waals surface area contributed by atoms with Crippen molar-refractivity contribution in [1.82, 2.24) is 15.5 Å². The highest BCUT2D eigenvalue weighted by Gasteiger charge is 2.24. The third-order valence-electron chi connectivity index (χ3n) is 8.14. The molecule has 1 aliphatic heterocycles. The molecule has 0 aromatic rings. The lowest BCUT2D eigenvalue weighted by molar-refractivity contribution is -0.129. The number of nitrogens with one attached hydrogen (secondary N) is 2. The molecule has 0 aromatic carbocycles. The molecule has 5 nitrogen and oxygen atoms in total. The molecular weight excluding hydrogens is 514 g/mol. The van der Waals surface area contributed by atoms with Gasteiger partial charge in [-0.25, -0.2) is 0 Å². The number of hydrogen-bond acceptors (Lipinski definition) is 4. The van der Waals surface area contributed by atoms with Crippen molar-refractivity contribution in [3.63, 3.8) is 0 Å². The average Bonchev–Trinajstić information content (AvgIpc) is 3.44. The van der Waals surface area contributed by atoms with Crippen LogP contribution in [-0.2, 0) is 9.59 Å². The van der Waals surface area contributed by atoms with E-state index in [0.29, 0.717) is 12.2 Å². The zero-order valence-corrected chi connectivity index (χ0v) is 27.0. The first-order valence-electron chi connectivity index (χ1n) is 16.2. The van der Waals surface area contributed by atoms with Gasteiger partial charge in [-0.3, -0.25) is 9.59 Å². The van der Waals surface area contributed by atoms with Crippen LogP contribution in [-0.4, -0.2) is 59.9 Å². The maximum absolute atomic E-state index is 13.1. The largest absolute Gasteiger partial charge is 0.352 e. The second kappa shape index (κ2) is 21.2. The smallest absolute Gasteiger partial charge is 0.243 e. The van der Waals surface area contributed by atoms with Crippen LogP contribution in [0.4, 0.5) is 0 Å². The monoisotopic (exact) mass is 573 g/mol. The minimum Gasteiger partial charge on any atom is -0.352 e. The number of thioether (sulfide) groups is 1. The molecule has 1 saturated carbocycles. The van der Waals surface area contributed by atoms with Crippen LogP contribution in [0, 0.1) is 0 Å². The lowest BCUT2D eigenvalue weighted by Crippen LogP contribution is -2.51. The van der Waals surface area contributed by atoms with Crippen molar-refractivity contribution in [3.05, 3.63) is 34.9 Å². The molecule has 6 heteroatoms. The van der Waals surface area contributed by atoms with E-state index in [1.54, 1.807) is 11.8 Å². The second-order valence-corrected chi connectivity index (χ2v) is 13.4. The third-order valence-corrected chi connectivity index (χ3v) is 9.11. The Morgan fingerprint density at radius 2 is 1.50 bits per heavy atom. The fourth-order valence-electron chi connectivity index (χ4n) is 5.53. The molecule has 0 radical (unpaired) electrons. The van der Waals surface area contributed by atoms with Crippen LogP contribution in [0.3, 0.4) is 0 Å². The van der Waals surface area contributed by atoms with E-state index in [9.17, 15) is 9.59 Å². The van der Waals surface area contributed by atoms with Gasteiger partial charge in [0.25, 0.3) is 0 Å². The summed E-state index contributed by atoms with van der Waals surface area (Å²) in [7, 11) is 0. The zero-order valence-electron chi connectivity index (χ0n) is 26.2. The van der Waals surface area contributed by atoms with Crippen molar-refractivity contribution in [2.24, 2.45) is 0 Å². The van der Waals surface area contributed by atoms with E-state index in [-0.39, 0.29) is 17.9 Å². The van der Waals surface area contributed by atoms with Gasteiger partial charge in [-0.15, -0.1) is 0 Å². The van der Waals surface area contributed by atoms with Gasteiger partial charge >= 0.3 is 0 Å². The number of likely N-dealkylation sites (tertiary alicyclic amines) is 1. The number of carbonyl (C=O) groups excluding carboxylic acids is 2. The molecular formula is C34H59N3O2S. The lowest BCUT2D eigenvalue weighted by Gasteiger charge is -2.26. The van der Waals surface area contributed by atoms with E-state index in [2.05, 4.69) is 61.5 Å². The predicted octanol–water partition coefficient (Wildman–Crippen LogP) is 7.73. The topological polar surface area (TPSA) is 61.4 Å². The summed E-state index contributed by atoms with van der Waals surface area (Å²) in [5.74, 6) is 1.50. The fourth-order valence-corrected chi connectivity index (χ4v) is 6.54. The van der Waals surface area contributed by atoms with E-state index in [1.165, 1.54) is 61.9 Å². The van der Waals surface area contributed by atoms with Crippen molar-refractivity contribution in [1.29, 1.82) is 0 Å². The molecule has 228 valence electrons. The van der Waals surface area contributed by atoms with Gasteiger partial charge in [-0.2, -0.15) is 11.8 Å². The highest BCUT2D eigenvalue weighted by atomic mass is 32.2. The molecule has 1 saturated heterocycles. The van der Waals surface area contributed by atoms with Gasteiger partial charge < -0.3 is 15.5 Å².